The van der Waals surface area contributed by atoms with Gasteiger partial charge in [0.1, 0.15) is 0 Å². The van der Waals surface area contributed by atoms with Gasteiger partial charge in [-0.05, 0) is 51.7 Å². The third kappa shape index (κ3) is 6.20. The van der Waals surface area contributed by atoms with Crippen LogP contribution in [0.25, 0.3) is 0 Å². The van der Waals surface area contributed by atoms with Gasteiger partial charge in [-0.3, -0.25) is 4.79 Å². The van der Waals surface area contributed by atoms with Gasteiger partial charge < -0.3 is 9.80 Å². The molecule has 2 aromatic carbocycles. The van der Waals surface area contributed by atoms with Crippen LogP contribution in [0.15, 0.2) is 42.5 Å². The number of quaternary nitrogens is 1. The molecule has 0 spiro atoms. The van der Waals surface area contributed by atoms with Crippen molar-refractivity contribution in [1.82, 2.24) is 0 Å². The van der Waals surface area contributed by atoms with Crippen molar-refractivity contribution < 1.29 is 9.28 Å². The molecule has 0 aromatic heterocycles. The third-order valence-electron chi connectivity index (χ3n) is 6.76. The van der Waals surface area contributed by atoms with E-state index in [0.29, 0.717) is 0 Å². The first-order valence-corrected chi connectivity index (χ1v) is 11.9. The van der Waals surface area contributed by atoms with E-state index in [-0.39, 0.29) is 11.4 Å². The first kappa shape index (κ1) is 25.1. The van der Waals surface area contributed by atoms with Crippen LogP contribution in [0.2, 0.25) is 0 Å². The van der Waals surface area contributed by atoms with Gasteiger partial charge in [0, 0.05) is 18.5 Å². The van der Waals surface area contributed by atoms with E-state index in [1.165, 1.54) is 24.0 Å². The Balaban J connectivity index is 0.000000412. The fraction of sp³-hybridized carbons (Fsp3) is 0.536. The molecule has 1 amide bonds. The molecule has 3 nitrogen and oxygen atoms in total. The number of unbranched alkanes of at least 4 members (excludes halogenated alkanes) is 1. The number of likely N-dealkylation sites (N-methyl/N-ethyl adjacent to an activating group) is 1. The van der Waals surface area contributed by atoms with Gasteiger partial charge in [0.25, 0.3) is 5.91 Å². The van der Waals surface area contributed by atoms with Crippen molar-refractivity contribution in [2.75, 3.05) is 25.5 Å². The fourth-order valence-electron chi connectivity index (χ4n) is 4.81. The normalized spacial score (nSPS) is 16.0. The van der Waals surface area contributed by atoms with Gasteiger partial charge in [-0.2, -0.15) is 0 Å². The average Bonchev–Trinajstić information content (AvgIpc) is 3.53. The van der Waals surface area contributed by atoms with E-state index >= 15 is 0 Å². The number of nitrogens with one attached hydrogen (secondary N) is 1. The summed E-state index contributed by atoms with van der Waals surface area (Å²) >= 11 is 0. The molecule has 1 atom stereocenters. The number of carbonyl (C=O) groups excluding carboxylic acids is 1. The Morgan fingerprint density at radius 2 is 1.48 bits per heavy atom. The largest absolute Gasteiger partial charge is 0.320 e. The highest BCUT2D eigenvalue weighted by Gasteiger charge is 2.63. The Kier molecular flexibility index (Phi) is 8.88. The predicted molar refractivity (Wildman–Crippen MR) is 134 cm³/mol. The number of amides is 1. The maximum absolute atomic E-state index is 13.2. The molecule has 3 rings (SSSR count). The number of nitrogens with zero attached hydrogens (tertiary/aromatic N) is 1. The van der Waals surface area contributed by atoms with Gasteiger partial charge in [0.15, 0.2) is 5.54 Å². The van der Waals surface area contributed by atoms with Gasteiger partial charge in [-0.1, -0.05) is 73.9 Å². The second-order valence-corrected chi connectivity index (χ2v) is 9.61. The van der Waals surface area contributed by atoms with Crippen molar-refractivity contribution in [3.8, 4) is 0 Å². The quantitative estimate of drug-likeness (QED) is 0.468. The lowest BCUT2D eigenvalue weighted by molar-refractivity contribution is -0.934. The summed E-state index contributed by atoms with van der Waals surface area (Å²) in [5.41, 5.74) is 5.69. The molecular formula is C28H43N2O+. The number of rotatable bonds is 8. The Labute approximate surface area is 190 Å². The molecule has 1 aliphatic carbocycles. The molecule has 1 aliphatic rings. The van der Waals surface area contributed by atoms with E-state index in [0.717, 1.165) is 53.6 Å². The molecular weight excluding hydrogens is 380 g/mol. The number of hydrogen-bond donors (Lipinski definition) is 1. The number of anilines is 1. The zero-order valence-electron chi connectivity index (χ0n) is 20.8. The zero-order chi connectivity index (χ0) is 23.1. The topological polar surface area (TPSA) is 29.1 Å². The molecule has 170 valence electrons. The zero-order valence-corrected chi connectivity index (χ0v) is 20.8. The molecule has 1 saturated carbocycles. The SMILES string of the molecule is CCCC[N+](C)(CCC)C1(C(=O)Nc2c(C)cc(C)cc2C)CC1.Cc1ccccc1. The third-order valence-corrected chi connectivity index (χ3v) is 6.76. The van der Waals surface area contributed by atoms with Gasteiger partial charge >= 0.3 is 0 Å². The van der Waals surface area contributed by atoms with Crippen LogP contribution in [-0.4, -0.2) is 36.1 Å². The Bertz CT molecular complexity index is 832. The lowest BCUT2D eigenvalue weighted by atomic mass is 10.0. The number of carbonyl (C=O) groups is 1. The van der Waals surface area contributed by atoms with Gasteiger partial charge in [0.2, 0.25) is 0 Å². The summed E-state index contributed by atoms with van der Waals surface area (Å²) in [5.74, 6) is 0.226. The smallest absolute Gasteiger partial charge is 0.285 e. The summed E-state index contributed by atoms with van der Waals surface area (Å²) in [6.07, 6.45) is 5.53. The van der Waals surface area contributed by atoms with E-state index in [1.54, 1.807) is 0 Å². The second-order valence-electron chi connectivity index (χ2n) is 9.61. The molecule has 3 heteroatoms. The molecule has 0 saturated heterocycles. The maximum atomic E-state index is 13.2. The molecule has 0 bridgehead atoms. The van der Waals surface area contributed by atoms with Crippen LogP contribution >= 0.6 is 0 Å². The van der Waals surface area contributed by atoms with E-state index in [9.17, 15) is 4.79 Å². The summed E-state index contributed by atoms with van der Waals surface area (Å²) in [4.78, 5) is 13.2. The van der Waals surface area contributed by atoms with Crippen molar-refractivity contribution in [3.05, 3.63) is 64.7 Å². The monoisotopic (exact) mass is 423 g/mol. The number of hydrogen-bond acceptors (Lipinski definition) is 1. The Morgan fingerprint density at radius 1 is 0.903 bits per heavy atom. The summed E-state index contributed by atoms with van der Waals surface area (Å²) in [7, 11) is 2.29. The van der Waals surface area contributed by atoms with E-state index in [2.05, 4.69) is 78.2 Å². The molecule has 0 heterocycles. The van der Waals surface area contributed by atoms with Crippen molar-refractivity contribution in [3.63, 3.8) is 0 Å². The van der Waals surface area contributed by atoms with Crippen LogP contribution in [-0.2, 0) is 4.79 Å². The average molecular weight is 424 g/mol. The molecule has 1 fully saturated rings. The molecule has 1 unspecified atom stereocenters. The standard InChI is InChI=1S/C21H34N2O.C7H8/c1-7-9-13-23(6,12-8-2)21(10-11-21)20(24)22-19-17(4)14-16(3)15-18(19)5;1-7-5-3-2-4-6-7/h14-15H,7-13H2,1-6H3;2-6H,1H3/p+1. The summed E-state index contributed by atoms with van der Waals surface area (Å²) < 4.78 is 0.896. The van der Waals surface area contributed by atoms with Gasteiger partial charge in [-0.25, -0.2) is 0 Å². The van der Waals surface area contributed by atoms with Gasteiger partial charge in [-0.15, -0.1) is 0 Å². The number of benzene rings is 2. The molecule has 31 heavy (non-hydrogen) atoms. The lowest BCUT2D eigenvalue weighted by Gasteiger charge is -2.41. The van der Waals surface area contributed by atoms with Crippen LogP contribution in [0.3, 0.4) is 0 Å². The van der Waals surface area contributed by atoms with Crippen LogP contribution in [0.5, 0.6) is 0 Å². The second kappa shape index (κ2) is 10.9. The first-order valence-electron chi connectivity index (χ1n) is 11.9. The van der Waals surface area contributed by atoms with Crippen molar-refractivity contribution in [2.45, 2.75) is 79.2 Å². The maximum Gasteiger partial charge on any atom is 0.285 e. The highest BCUT2D eigenvalue weighted by atomic mass is 16.2. The fourth-order valence-corrected chi connectivity index (χ4v) is 4.81. The van der Waals surface area contributed by atoms with Crippen LogP contribution in [0.4, 0.5) is 5.69 Å². The highest BCUT2D eigenvalue weighted by Crippen LogP contribution is 2.47. The summed E-state index contributed by atoms with van der Waals surface area (Å²) in [5, 5.41) is 3.29. The van der Waals surface area contributed by atoms with E-state index in [1.807, 2.05) is 18.2 Å². The number of aryl methyl sites for hydroxylation is 4. The van der Waals surface area contributed by atoms with Crippen LogP contribution in [0.1, 0.15) is 68.2 Å². The van der Waals surface area contributed by atoms with E-state index in [4.69, 9.17) is 0 Å². The summed E-state index contributed by atoms with van der Waals surface area (Å²) in [6.45, 7) is 15.0. The van der Waals surface area contributed by atoms with Crippen molar-refractivity contribution in [1.29, 1.82) is 0 Å². The minimum atomic E-state index is -0.213. The first-order chi connectivity index (χ1) is 14.7. The molecule has 0 radical (unpaired) electrons. The highest BCUT2D eigenvalue weighted by molar-refractivity contribution is 6.00. The lowest BCUT2D eigenvalue weighted by Crippen LogP contribution is -2.60. The molecule has 1 N–H and O–H groups in total. The van der Waals surface area contributed by atoms with Crippen molar-refractivity contribution in [2.24, 2.45) is 0 Å². The Hall–Kier alpha value is -2.13. The van der Waals surface area contributed by atoms with Gasteiger partial charge in [0.05, 0.1) is 20.1 Å². The molecule has 0 aliphatic heterocycles. The summed E-state index contributed by atoms with van der Waals surface area (Å²) in [6, 6.07) is 14.6. The minimum absolute atomic E-state index is 0.213. The van der Waals surface area contributed by atoms with Crippen LogP contribution in [0, 0.1) is 27.7 Å². The van der Waals surface area contributed by atoms with Crippen LogP contribution < -0.4 is 5.32 Å². The minimum Gasteiger partial charge on any atom is -0.320 e. The molecule has 2 aromatic rings. The van der Waals surface area contributed by atoms with Crippen molar-refractivity contribution >= 4 is 11.6 Å². The van der Waals surface area contributed by atoms with E-state index < -0.39 is 0 Å². The predicted octanol–water partition coefficient (Wildman–Crippen LogP) is 6.73. The Morgan fingerprint density at radius 3 is 1.90 bits per heavy atom.